The fourth-order valence-corrected chi connectivity index (χ4v) is 3.11. The van der Waals surface area contributed by atoms with E-state index in [9.17, 15) is 14.0 Å². The number of rotatable bonds is 8. The van der Waals surface area contributed by atoms with Gasteiger partial charge < -0.3 is 19.7 Å². The average Bonchev–Trinajstić information content (AvgIpc) is 3.19. The van der Waals surface area contributed by atoms with Crippen LogP contribution in [0.4, 0.5) is 4.39 Å². The molecule has 154 valence electrons. The maximum atomic E-state index is 13.2. The van der Waals surface area contributed by atoms with Crippen molar-refractivity contribution in [3.05, 3.63) is 59.4 Å². The molecule has 0 spiro atoms. The number of carbonyl (C=O) groups is 2. The van der Waals surface area contributed by atoms with E-state index in [1.54, 1.807) is 25.1 Å². The van der Waals surface area contributed by atoms with Gasteiger partial charge in [-0.3, -0.25) is 9.59 Å². The van der Waals surface area contributed by atoms with Gasteiger partial charge in [-0.1, -0.05) is 25.1 Å². The lowest BCUT2D eigenvalue weighted by Gasteiger charge is -2.28. The molecule has 29 heavy (non-hydrogen) atoms. The van der Waals surface area contributed by atoms with E-state index in [0.717, 1.165) is 11.1 Å². The third kappa shape index (κ3) is 5.25. The summed E-state index contributed by atoms with van der Waals surface area (Å²) < 4.78 is 23.8. The number of ether oxygens (including phenoxy) is 2. The molecule has 2 aromatic carbocycles. The number of nitrogens with one attached hydrogen (secondary N) is 1. The lowest BCUT2D eigenvalue weighted by atomic mass is 10.1. The minimum atomic E-state index is -0.659. The van der Waals surface area contributed by atoms with E-state index < -0.39 is 6.04 Å². The molecule has 2 aromatic rings. The molecule has 2 amide bonds. The SMILES string of the molecule is CCCC(=O)N(Cc1ccc(F)cc1)[C@@H](C)C(=O)NCc1ccc2c(c1)OCO2. The maximum Gasteiger partial charge on any atom is 0.242 e. The number of amides is 2. The van der Waals surface area contributed by atoms with Gasteiger partial charge in [-0.25, -0.2) is 4.39 Å². The third-order valence-corrected chi connectivity index (χ3v) is 4.80. The van der Waals surface area contributed by atoms with Crippen LogP contribution >= 0.6 is 0 Å². The molecule has 7 heteroatoms. The van der Waals surface area contributed by atoms with Crippen molar-refractivity contribution in [2.45, 2.75) is 45.8 Å². The first-order valence-corrected chi connectivity index (χ1v) is 9.68. The summed E-state index contributed by atoms with van der Waals surface area (Å²) in [6.45, 7) is 4.37. The van der Waals surface area contributed by atoms with E-state index in [1.807, 2.05) is 19.1 Å². The number of hydrogen-bond acceptors (Lipinski definition) is 4. The number of hydrogen-bond donors (Lipinski definition) is 1. The van der Waals surface area contributed by atoms with E-state index >= 15 is 0 Å². The van der Waals surface area contributed by atoms with Gasteiger partial charge in [-0.05, 0) is 48.7 Å². The molecule has 1 aliphatic rings. The molecule has 1 atom stereocenters. The Morgan fingerprint density at radius 1 is 1.10 bits per heavy atom. The summed E-state index contributed by atoms with van der Waals surface area (Å²) in [5.41, 5.74) is 1.64. The van der Waals surface area contributed by atoms with Crippen LogP contribution in [-0.2, 0) is 22.7 Å². The zero-order valence-corrected chi connectivity index (χ0v) is 16.6. The molecule has 0 radical (unpaired) electrons. The number of benzene rings is 2. The van der Waals surface area contributed by atoms with Crippen LogP contribution in [-0.4, -0.2) is 29.5 Å². The van der Waals surface area contributed by atoms with E-state index in [-0.39, 0.29) is 31.0 Å². The summed E-state index contributed by atoms with van der Waals surface area (Å²) in [4.78, 5) is 26.9. The van der Waals surface area contributed by atoms with Gasteiger partial charge in [0.2, 0.25) is 18.6 Å². The Kier molecular flexibility index (Phi) is 6.69. The molecule has 0 bridgehead atoms. The summed E-state index contributed by atoms with van der Waals surface area (Å²) >= 11 is 0. The standard InChI is InChI=1S/C22H25FN2O4/c1-3-4-21(26)25(13-16-5-8-18(23)9-6-16)15(2)22(27)24-12-17-7-10-19-20(11-17)29-14-28-19/h5-11,15H,3-4,12-14H2,1-2H3,(H,24,27)/t15-/m0/s1. The molecule has 3 rings (SSSR count). The zero-order chi connectivity index (χ0) is 20.8. The van der Waals surface area contributed by atoms with Crippen LogP contribution in [0.2, 0.25) is 0 Å². The van der Waals surface area contributed by atoms with Crippen LogP contribution in [0.15, 0.2) is 42.5 Å². The van der Waals surface area contributed by atoms with Crippen molar-refractivity contribution in [2.24, 2.45) is 0 Å². The van der Waals surface area contributed by atoms with Gasteiger partial charge in [0.05, 0.1) is 0 Å². The molecule has 1 heterocycles. The molecule has 1 N–H and O–H groups in total. The average molecular weight is 400 g/mol. The highest BCUT2D eigenvalue weighted by molar-refractivity contribution is 5.87. The molecule has 0 aliphatic carbocycles. The quantitative estimate of drug-likeness (QED) is 0.738. The van der Waals surface area contributed by atoms with E-state index in [1.165, 1.54) is 17.0 Å². The van der Waals surface area contributed by atoms with Crippen molar-refractivity contribution in [1.82, 2.24) is 10.2 Å². The Balaban J connectivity index is 1.65. The highest BCUT2D eigenvalue weighted by Crippen LogP contribution is 2.32. The van der Waals surface area contributed by atoms with Gasteiger partial charge in [0.1, 0.15) is 11.9 Å². The fraction of sp³-hybridized carbons (Fsp3) is 0.364. The second-order valence-corrected chi connectivity index (χ2v) is 6.98. The first-order chi connectivity index (χ1) is 14.0. The summed E-state index contributed by atoms with van der Waals surface area (Å²) in [6, 6.07) is 10.8. The van der Waals surface area contributed by atoms with Crippen molar-refractivity contribution in [1.29, 1.82) is 0 Å². The molecular formula is C22H25FN2O4. The van der Waals surface area contributed by atoms with Crippen molar-refractivity contribution < 1.29 is 23.5 Å². The Hall–Kier alpha value is -3.09. The summed E-state index contributed by atoms with van der Waals surface area (Å²) in [5, 5.41) is 2.87. The first kappa shape index (κ1) is 20.6. The second kappa shape index (κ2) is 9.41. The lowest BCUT2D eigenvalue weighted by Crippen LogP contribution is -2.47. The first-order valence-electron chi connectivity index (χ1n) is 9.68. The molecule has 1 aliphatic heterocycles. The molecule has 0 aromatic heterocycles. The van der Waals surface area contributed by atoms with Gasteiger partial charge >= 0.3 is 0 Å². The van der Waals surface area contributed by atoms with Crippen LogP contribution in [0.25, 0.3) is 0 Å². The number of carbonyl (C=O) groups excluding carboxylic acids is 2. The van der Waals surface area contributed by atoms with E-state index in [2.05, 4.69) is 5.32 Å². The predicted octanol–water partition coefficient (Wildman–Crippen LogP) is 3.39. The van der Waals surface area contributed by atoms with Gasteiger partial charge in [-0.2, -0.15) is 0 Å². The monoisotopic (exact) mass is 400 g/mol. The zero-order valence-electron chi connectivity index (χ0n) is 16.6. The lowest BCUT2D eigenvalue weighted by molar-refractivity contribution is -0.140. The predicted molar refractivity (Wildman–Crippen MR) is 106 cm³/mol. The Morgan fingerprint density at radius 3 is 2.52 bits per heavy atom. The van der Waals surface area contributed by atoms with Crippen LogP contribution in [0, 0.1) is 5.82 Å². The van der Waals surface area contributed by atoms with Gasteiger partial charge in [0.25, 0.3) is 0 Å². The fourth-order valence-electron chi connectivity index (χ4n) is 3.11. The third-order valence-electron chi connectivity index (χ3n) is 4.80. The minimum absolute atomic E-state index is 0.109. The smallest absolute Gasteiger partial charge is 0.242 e. The second-order valence-electron chi connectivity index (χ2n) is 6.98. The van der Waals surface area contributed by atoms with Crippen LogP contribution in [0.5, 0.6) is 11.5 Å². The number of halogens is 1. The number of nitrogens with zero attached hydrogens (tertiary/aromatic N) is 1. The van der Waals surface area contributed by atoms with Crippen molar-refractivity contribution in [3.8, 4) is 11.5 Å². The summed E-state index contributed by atoms with van der Waals surface area (Å²) in [6.07, 6.45) is 1.03. The molecule has 6 nitrogen and oxygen atoms in total. The van der Waals surface area contributed by atoms with Gasteiger partial charge in [-0.15, -0.1) is 0 Å². The van der Waals surface area contributed by atoms with Crippen LogP contribution in [0.1, 0.15) is 37.8 Å². The molecule has 0 unspecified atom stereocenters. The highest BCUT2D eigenvalue weighted by atomic mass is 19.1. The topological polar surface area (TPSA) is 67.9 Å². The summed E-state index contributed by atoms with van der Waals surface area (Å²) in [7, 11) is 0. The Labute approximate surface area is 169 Å². The maximum absolute atomic E-state index is 13.2. The van der Waals surface area contributed by atoms with Gasteiger partial charge in [0.15, 0.2) is 11.5 Å². The Morgan fingerprint density at radius 2 is 1.79 bits per heavy atom. The van der Waals surface area contributed by atoms with Crippen molar-refractivity contribution >= 4 is 11.8 Å². The molecular weight excluding hydrogens is 375 g/mol. The highest BCUT2D eigenvalue weighted by Gasteiger charge is 2.25. The molecule has 0 saturated heterocycles. The molecule has 0 fully saturated rings. The van der Waals surface area contributed by atoms with E-state index in [4.69, 9.17) is 9.47 Å². The molecule has 0 saturated carbocycles. The largest absolute Gasteiger partial charge is 0.454 e. The number of fused-ring (bicyclic) bond motifs is 1. The van der Waals surface area contributed by atoms with E-state index in [0.29, 0.717) is 30.9 Å². The van der Waals surface area contributed by atoms with Crippen LogP contribution in [0.3, 0.4) is 0 Å². The van der Waals surface area contributed by atoms with Gasteiger partial charge in [0, 0.05) is 19.5 Å². The summed E-state index contributed by atoms with van der Waals surface area (Å²) in [5.74, 6) is 0.636. The van der Waals surface area contributed by atoms with Crippen molar-refractivity contribution in [2.75, 3.05) is 6.79 Å². The van der Waals surface area contributed by atoms with Crippen molar-refractivity contribution in [3.63, 3.8) is 0 Å². The Bertz CT molecular complexity index is 870. The normalized spacial score (nSPS) is 13.1. The van der Waals surface area contributed by atoms with Crippen LogP contribution < -0.4 is 14.8 Å². The minimum Gasteiger partial charge on any atom is -0.454 e.